The Morgan fingerprint density at radius 2 is 1.83 bits per heavy atom. The van der Waals surface area contributed by atoms with Crippen molar-refractivity contribution in [3.63, 3.8) is 0 Å². The summed E-state index contributed by atoms with van der Waals surface area (Å²) in [5.74, 6) is 0.0957. The lowest BCUT2D eigenvalue weighted by atomic mass is 10.1. The van der Waals surface area contributed by atoms with Gasteiger partial charge in [0.1, 0.15) is 5.82 Å². The molecular weight excluding hydrogens is 375 g/mol. The second-order valence-corrected chi connectivity index (χ2v) is 6.64. The molecule has 3 heterocycles. The first-order valence-electron chi connectivity index (χ1n) is 8.99. The van der Waals surface area contributed by atoms with Crippen LogP contribution in [0, 0.1) is 5.82 Å². The van der Waals surface area contributed by atoms with E-state index in [0.717, 1.165) is 10.1 Å². The molecule has 0 unspecified atom stereocenters. The maximum Gasteiger partial charge on any atom is 0.332 e. The third-order valence-corrected chi connectivity index (χ3v) is 4.78. The SMILES string of the molecule is C=CCN1N=C(c2ccc(F)cc2)Cn2c1nc1c2c(=O)n(CC=C)c(=O)n1C. The summed E-state index contributed by atoms with van der Waals surface area (Å²) in [4.78, 5) is 30.2. The van der Waals surface area contributed by atoms with E-state index in [9.17, 15) is 14.0 Å². The first kappa shape index (κ1) is 18.6. The van der Waals surface area contributed by atoms with Gasteiger partial charge in [-0.15, -0.1) is 13.2 Å². The number of benzene rings is 1. The van der Waals surface area contributed by atoms with Gasteiger partial charge in [0.05, 0.1) is 18.8 Å². The molecule has 0 fully saturated rings. The van der Waals surface area contributed by atoms with E-state index in [0.29, 0.717) is 23.7 Å². The van der Waals surface area contributed by atoms with Gasteiger partial charge in [-0.05, 0) is 17.7 Å². The van der Waals surface area contributed by atoms with Gasteiger partial charge in [0.2, 0.25) is 5.95 Å². The summed E-state index contributed by atoms with van der Waals surface area (Å²) in [6.45, 7) is 8.07. The molecule has 9 heteroatoms. The monoisotopic (exact) mass is 394 g/mol. The van der Waals surface area contributed by atoms with Crippen molar-refractivity contribution in [1.29, 1.82) is 0 Å². The van der Waals surface area contributed by atoms with Gasteiger partial charge in [0.15, 0.2) is 11.2 Å². The Labute approximate surface area is 165 Å². The number of allylic oxidation sites excluding steroid dienone is 1. The molecule has 0 radical (unpaired) electrons. The normalized spacial score (nSPS) is 13.3. The number of aryl methyl sites for hydroxylation is 1. The third-order valence-electron chi connectivity index (χ3n) is 4.78. The largest absolute Gasteiger partial charge is 0.332 e. The van der Waals surface area contributed by atoms with Crippen LogP contribution in [0.1, 0.15) is 5.56 Å². The number of nitrogens with zero attached hydrogens (tertiary/aromatic N) is 6. The van der Waals surface area contributed by atoms with E-state index in [2.05, 4.69) is 23.2 Å². The summed E-state index contributed by atoms with van der Waals surface area (Å²) >= 11 is 0. The molecule has 0 bridgehead atoms. The quantitative estimate of drug-likeness (QED) is 0.617. The lowest BCUT2D eigenvalue weighted by molar-refractivity contribution is 0.627. The van der Waals surface area contributed by atoms with Crippen molar-refractivity contribution in [2.45, 2.75) is 13.1 Å². The summed E-state index contributed by atoms with van der Waals surface area (Å²) in [6.07, 6.45) is 3.16. The van der Waals surface area contributed by atoms with Crippen LogP contribution in [-0.2, 0) is 20.1 Å². The van der Waals surface area contributed by atoms with E-state index >= 15 is 0 Å². The van der Waals surface area contributed by atoms with Gasteiger partial charge in [-0.3, -0.25) is 18.5 Å². The topological polar surface area (TPSA) is 77.4 Å². The highest BCUT2D eigenvalue weighted by molar-refractivity contribution is 6.02. The van der Waals surface area contributed by atoms with E-state index in [1.54, 1.807) is 34.8 Å². The Morgan fingerprint density at radius 3 is 2.48 bits per heavy atom. The highest BCUT2D eigenvalue weighted by Gasteiger charge is 2.27. The predicted octanol–water partition coefficient (Wildman–Crippen LogP) is 1.63. The van der Waals surface area contributed by atoms with Gasteiger partial charge >= 0.3 is 5.69 Å². The Balaban J connectivity index is 1.98. The van der Waals surface area contributed by atoms with Crippen LogP contribution in [0.15, 0.2) is 64.3 Å². The number of imidazole rings is 1. The molecule has 0 saturated carbocycles. The highest BCUT2D eigenvalue weighted by Crippen LogP contribution is 2.25. The van der Waals surface area contributed by atoms with Crippen molar-refractivity contribution in [3.05, 3.63) is 81.8 Å². The standard InChI is InChI=1S/C20H19FN6O2/c1-4-10-25-18(28)16-17(24(3)20(25)29)22-19-26(16)12-15(23-27(19)11-5-2)13-6-8-14(21)9-7-13/h4-9H,1-2,10-12H2,3H3. The van der Waals surface area contributed by atoms with E-state index < -0.39 is 11.2 Å². The highest BCUT2D eigenvalue weighted by atomic mass is 19.1. The van der Waals surface area contributed by atoms with Crippen LogP contribution in [0.4, 0.5) is 10.3 Å². The summed E-state index contributed by atoms with van der Waals surface area (Å²) in [5.41, 5.74) is 1.03. The summed E-state index contributed by atoms with van der Waals surface area (Å²) in [5, 5.41) is 6.22. The molecule has 3 aromatic rings. The zero-order valence-electron chi connectivity index (χ0n) is 15.9. The zero-order valence-corrected chi connectivity index (χ0v) is 15.9. The Bertz CT molecular complexity index is 1280. The van der Waals surface area contributed by atoms with Gasteiger partial charge in [0.25, 0.3) is 5.56 Å². The summed E-state index contributed by atoms with van der Waals surface area (Å²) in [6, 6.07) is 5.99. The molecule has 0 spiro atoms. The molecule has 8 nitrogen and oxygen atoms in total. The van der Waals surface area contributed by atoms with Gasteiger partial charge < -0.3 is 0 Å². The molecule has 1 aliphatic heterocycles. The van der Waals surface area contributed by atoms with Crippen molar-refractivity contribution >= 4 is 22.8 Å². The fraction of sp³-hybridized carbons (Fsp3) is 0.200. The number of rotatable bonds is 5. The molecular formula is C20H19FN6O2. The van der Waals surface area contributed by atoms with Gasteiger partial charge in [-0.1, -0.05) is 24.3 Å². The fourth-order valence-corrected chi connectivity index (χ4v) is 3.40. The van der Waals surface area contributed by atoms with Crippen molar-refractivity contribution in [3.8, 4) is 0 Å². The van der Waals surface area contributed by atoms with Crippen LogP contribution in [-0.4, -0.2) is 30.9 Å². The van der Waals surface area contributed by atoms with Gasteiger partial charge in [-0.25, -0.2) is 14.2 Å². The fourth-order valence-electron chi connectivity index (χ4n) is 3.40. The predicted molar refractivity (Wildman–Crippen MR) is 110 cm³/mol. The number of anilines is 1. The second kappa shape index (κ2) is 7.01. The maximum atomic E-state index is 13.3. The molecule has 1 aliphatic rings. The van der Waals surface area contributed by atoms with Crippen LogP contribution in [0.2, 0.25) is 0 Å². The average Bonchev–Trinajstić information content (AvgIpc) is 3.10. The van der Waals surface area contributed by atoms with Crippen LogP contribution >= 0.6 is 0 Å². The molecule has 0 saturated heterocycles. The summed E-state index contributed by atoms with van der Waals surface area (Å²) < 4.78 is 17.5. The third kappa shape index (κ3) is 2.91. The number of fused-ring (bicyclic) bond motifs is 3. The minimum Gasteiger partial charge on any atom is -0.297 e. The summed E-state index contributed by atoms with van der Waals surface area (Å²) in [7, 11) is 1.57. The number of aromatic nitrogens is 4. The molecule has 29 heavy (non-hydrogen) atoms. The molecule has 0 N–H and O–H groups in total. The Hall–Kier alpha value is -3.75. The van der Waals surface area contributed by atoms with E-state index in [1.807, 2.05) is 0 Å². The van der Waals surface area contributed by atoms with Crippen LogP contribution in [0.5, 0.6) is 0 Å². The van der Waals surface area contributed by atoms with Crippen molar-refractivity contribution < 1.29 is 4.39 Å². The van der Waals surface area contributed by atoms with E-state index in [4.69, 9.17) is 0 Å². The lowest BCUT2D eigenvalue weighted by Crippen LogP contribution is -2.39. The number of hydrogen-bond donors (Lipinski definition) is 0. The minimum atomic E-state index is -0.465. The smallest absolute Gasteiger partial charge is 0.297 e. The number of hydrazone groups is 1. The number of halogens is 1. The zero-order chi connectivity index (χ0) is 20.7. The van der Waals surface area contributed by atoms with Crippen LogP contribution in [0.3, 0.4) is 0 Å². The molecule has 0 aliphatic carbocycles. The molecule has 148 valence electrons. The first-order chi connectivity index (χ1) is 14.0. The van der Waals surface area contributed by atoms with E-state index in [1.165, 1.54) is 22.8 Å². The maximum absolute atomic E-state index is 13.3. The first-order valence-corrected chi connectivity index (χ1v) is 8.99. The molecule has 4 rings (SSSR count). The Kier molecular flexibility index (Phi) is 4.50. The molecule has 1 aromatic carbocycles. The average molecular weight is 394 g/mol. The van der Waals surface area contributed by atoms with Crippen molar-refractivity contribution in [1.82, 2.24) is 18.7 Å². The van der Waals surface area contributed by atoms with Crippen LogP contribution in [0.25, 0.3) is 11.2 Å². The van der Waals surface area contributed by atoms with Gasteiger partial charge in [-0.2, -0.15) is 10.1 Å². The van der Waals surface area contributed by atoms with E-state index in [-0.39, 0.29) is 24.6 Å². The van der Waals surface area contributed by atoms with Gasteiger partial charge in [0, 0.05) is 13.6 Å². The molecule has 2 aromatic heterocycles. The molecule has 0 amide bonds. The Morgan fingerprint density at radius 1 is 1.14 bits per heavy atom. The second-order valence-electron chi connectivity index (χ2n) is 6.64. The minimum absolute atomic E-state index is 0.0945. The number of hydrogen-bond acceptors (Lipinski definition) is 5. The van der Waals surface area contributed by atoms with Crippen molar-refractivity contribution in [2.75, 3.05) is 11.6 Å². The van der Waals surface area contributed by atoms with Crippen LogP contribution < -0.4 is 16.3 Å². The molecule has 0 atom stereocenters. The van der Waals surface area contributed by atoms with Crippen molar-refractivity contribution in [2.24, 2.45) is 12.1 Å². The lowest BCUT2D eigenvalue weighted by Gasteiger charge is -2.25.